The molecule has 1 aliphatic carbocycles. The number of benzene rings is 2. The Hall–Kier alpha value is -3.91. The fourth-order valence-electron chi connectivity index (χ4n) is 5.40. The Labute approximate surface area is 227 Å². The standard InChI is InChI=1S/C29H25F2N5O2S/c1-29(2,38)14-36-25-9-21(23(31)7-17(25)12-34-36)27-20(15-3-4-16(11-32)22(30)6-15)10-26(39-27)28(37)35-13-18-5-19(35)8-24(18)33/h3-4,6-7,9-10,12-13,19,24,38H,5,8,14,33H2,1-2H3. The number of carbonyl (C=O) groups is 1. The number of halogens is 2. The molecule has 2 aromatic heterocycles. The molecule has 1 aliphatic heterocycles. The normalized spacial score (nSPS) is 18.6. The highest BCUT2D eigenvalue weighted by atomic mass is 32.1. The van der Waals surface area contributed by atoms with E-state index in [-0.39, 0.29) is 35.7 Å². The summed E-state index contributed by atoms with van der Waals surface area (Å²) in [7, 11) is 0. The summed E-state index contributed by atoms with van der Waals surface area (Å²) in [6.07, 6.45) is 4.79. The van der Waals surface area contributed by atoms with E-state index in [0.29, 0.717) is 38.2 Å². The van der Waals surface area contributed by atoms with Gasteiger partial charge in [-0.15, -0.1) is 11.3 Å². The summed E-state index contributed by atoms with van der Waals surface area (Å²) in [4.78, 5) is 16.1. The van der Waals surface area contributed by atoms with Gasteiger partial charge in [0.2, 0.25) is 0 Å². The Bertz CT molecular complexity index is 1730. The molecule has 1 fully saturated rings. The van der Waals surface area contributed by atoms with E-state index in [9.17, 15) is 19.6 Å². The summed E-state index contributed by atoms with van der Waals surface area (Å²) >= 11 is 1.13. The van der Waals surface area contributed by atoms with Gasteiger partial charge in [-0.3, -0.25) is 9.48 Å². The minimum absolute atomic E-state index is 0.00636. The lowest BCUT2D eigenvalue weighted by atomic mass is 9.99. The minimum atomic E-state index is -1.05. The Kier molecular flexibility index (Phi) is 5.91. The van der Waals surface area contributed by atoms with Crippen LogP contribution in [0.5, 0.6) is 0 Å². The number of carbonyl (C=O) groups excluding carboxylic acids is 1. The van der Waals surface area contributed by atoms with Crippen LogP contribution in [0.2, 0.25) is 0 Å². The quantitative estimate of drug-likeness (QED) is 0.359. The number of thiophene rings is 1. The fourth-order valence-corrected chi connectivity index (χ4v) is 6.54. The molecule has 1 saturated carbocycles. The van der Waals surface area contributed by atoms with Crippen LogP contribution in [0.4, 0.5) is 8.78 Å². The molecule has 2 unspecified atom stereocenters. The number of nitrogens with two attached hydrogens (primary N) is 1. The van der Waals surface area contributed by atoms with Gasteiger partial charge in [0.15, 0.2) is 0 Å². The molecule has 0 spiro atoms. The highest BCUT2D eigenvalue weighted by Gasteiger charge is 2.39. The second-order valence-electron chi connectivity index (χ2n) is 10.8. The van der Waals surface area contributed by atoms with Crippen LogP contribution in [0.15, 0.2) is 54.4 Å². The van der Waals surface area contributed by atoms with Crippen LogP contribution in [0.1, 0.15) is 41.9 Å². The van der Waals surface area contributed by atoms with Crippen LogP contribution in [0.25, 0.3) is 32.5 Å². The van der Waals surface area contributed by atoms with E-state index >= 15 is 4.39 Å². The second-order valence-corrected chi connectivity index (χ2v) is 11.8. The predicted octanol–water partition coefficient (Wildman–Crippen LogP) is 5.18. The molecule has 1 amide bonds. The number of fused-ring (bicyclic) bond motifs is 3. The number of aromatic nitrogens is 2. The summed E-state index contributed by atoms with van der Waals surface area (Å²) in [5.74, 6) is -1.44. The van der Waals surface area contributed by atoms with Crippen LogP contribution in [-0.4, -0.2) is 43.4 Å². The van der Waals surface area contributed by atoms with Gasteiger partial charge in [0.1, 0.15) is 17.7 Å². The van der Waals surface area contributed by atoms with Crippen molar-refractivity contribution in [3.63, 3.8) is 0 Å². The molecule has 198 valence electrons. The fraction of sp³-hybridized carbons (Fsp3) is 0.276. The first-order valence-corrected chi connectivity index (χ1v) is 13.3. The highest BCUT2D eigenvalue weighted by molar-refractivity contribution is 7.18. The van der Waals surface area contributed by atoms with Gasteiger partial charge < -0.3 is 15.7 Å². The van der Waals surface area contributed by atoms with Crippen molar-refractivity contribution in [1.29, 1.82) is 5.26 Å². The average Bonchev–Trinajstić information content (AvgIpc) is 3.65. The molecular weight excluding hydrogens is 520 g/mol. The van der Waals surface area contributed by atoms with Gasteiger partial charge >= 0.3 is 0 Å². The van der Waals surface area contributed by atoms with Crippen LogP contribution >= 0.6 is 11.3 Å². The number of nitriles is 1. The number of hydrogen-bond acceptors (Lipinski definition) is 6. The molecule has 0 radical (unpaired) electrons. The zero-order valence-corrected chi connectivity index (χ0v) is 22.1. The van der Waals surface area contributed by atoms with Crippen molar-refractivity contribution >= 4 is 28.1 Å². The van der Waals surface area contributed by atoms with E-state index in [1.165, 1.54) is 24.4 Å². The molecular formula is C29H25F2N5O2S. The lowest BCUT2D eigenvalue weighted by Crippen LogP contribution is -2.36. The van der Waals surface area contributed by atoms with E-state index in [0.717, 1.165) is 23.3 Å². The van der Waals surface area contributed by atoms with Crippen LogP contribution in [0.3, 0.4) is 0 Å². The van der Waals surface area contributed by atoms with Crippen molar-refractivity contribution in [3.05, 3.63) is 76.4 Å². The lowest BCUT2D eigenvalue weighted by Gasteiger charge is -2.24. The van der Waals surface area contributed by atoms with Crippen molar-refractivity contribution in [2.45, 2.75) is 50.9 Å². The van der Waals surface area contributed by atoms with Crippen molar-refractivity contribution in [2.24, 2.45) is 5.73 Å². The highest BCUT2D eigenvalue weighted by Crippen LogP contribution is 2.44. The molecule has 4 aromatic rings. The molecule has 3 heterocycles. The van der Waals surface area contributed by atoms with E-state index in [1.54, 1.807) is 41.6 Å². The van der Waals surface area contributed by atoms with Crippen molar-refractivity contribution in [2.75, 3.05) is 0 Å². The first-order chi connectivity index (χ1) is 18.5. The third-order valence-corrected chi connectivity index (χ3v) is 8.42. The number of hydrogen-bond donors (Lipinski definition) is 2. The molecule has 2 aromatic carbocycles. The maximum atomic E-state index is 15.6. The van der Waals surface area contributed by atoms with E-state index in [4.69, 9.17) is 5.73 Å². The lowest BCUT2D eigenvalue weighted by molar-refractivity contribution is 0.0591. The molecule has 6 rings (SSSR count). The third kappa shape index (κ3) is 4.42. The Morgan fingerprint density at radius 3 is 2.67 bits per heavy atom. The van der Waals surface area contributed by atoms with Crippen molar-refractivity contribution in [1.82, 2.24) is 14.7 Å². The number of aliphatic hydroxyl groups is 1. The van der Waals surface area contributed by atoms with E-state index in [1.807, 2.05) is 12.3 Å². The maximum Gasteiger partial charge on any atom is 0.268 e. The summed E-state index contributed by atoms with van der Waals surface area (Å²) < 4.78 is 31.9. The molecule has 7 nitrogen and oxygen atoms in total. The van der Waals surface area contributed by atoms with E-state index < -0.39 is 17.2 Å². The Morgan fingerprint density at radius 2 is 2.03 bits per heavy atom. The number of amides is 1. The molecule has 10 heteroatoms. The van der Waals surface area contributed by atoms with Gasteiger partial charge in [0.25, 0.3) is 5.91 Å². The smallest absolute Gasteiger partial charge is 0.268 e. The predicted molar refractivity (Wildman–Crippen MR) is 145 cm³/mol. The van der Waals surface area contributed by atoms with Crippen LogP contribution in [-0.2, 0) is 6.54 Å². The molecule has 2 aliphatic rings. The zero-order valence-electron chi connectivity index (χ0n) is 21.3. The SMILES string of the molecule is CC(C)(O)Cn1ncc2cc(F)c(-c3sc(C(=O)N4C=C5CC4CC5N)cc3-c3ccc(C#N)c(F)c3)cc21. The zero-order chi connectivity index (χ0) is 27.6. The largest absolute Gasteiger partial charge is 0.389 e. The monoisotopic (exact) mass is 545 g/mol. The average molecular weight is 546 g/mol. The summed E-state index contributed by atoms with van der Waals surface area (Å²) in [6.45, 7) is 3.51. The van der Waals surface area contributed by atoms with Gasteiger partial charge in [-0.05, 0) is 68.2 Å². The Morgan fingerprint density at radius 1 is 1.23 bits per heavy atom. The van der Waals surface area contributed by atoms with Gasteiger partial charge in [-0.1, -0.05) is 6.07 Å². The van der Waals surface area contributed by atoms with Crippen molar-refractivity contribution in [3.8, 4) is 27.6 Å². The van der Waals surface area contributed by atoms with Gasteiger partial charge in [0.05, 0.1) is 34.3 Å². The number of nitrogens with zero attached hydrogens (tertiary/aromatic N) is 4. The first kappa shape index (κ1) is 25.4. The topological polar surface area (TPSA) is 108 Å². The summed E-state index contributed by atoms with van der Waals surface area (Å²) in [5, 5.41) is 24.4. The molecule has 2 bridgehead atoms. The maximum absolute atomic E-state index is 15.6. The van der Waals surface area contributed by atoms with Crippen LogP contribution < -0.4 is 5.73 Å². The Balaban J connectivity index is 1.51. The molecule has 0 saturated heterocycles. The second kappa shape index (κ2) is 9.09. The number of rotatable bonds is 5. The van der Waals surface area contributed by atoms with Gasteiger partial charge in [0, 0.05) is 39.7 Å². The van der Waals surface area contributed by atoms with Crippen molar-refractivity contribution < 1.29 is 18.7 Å². The van der Waals surface area contributed by atoms with E-state index in [2.05, 4.69) is 5.10 Å². The third-order valence-electron chi connectivity index (χ3n) is 7.26. The van der Waals surface area contributed by atoms with Gasteiger partial charge in [-0.25, -0.2) is 8.78 Å². The van der Waals surface area contributed by atoms with Gasteiger partial charge in [-0.2, -0.15) is 10.4 Å². The first-order valence-electron chi connectivity index (χ1n) is 12.5. The minimum Gasteiger partial charge on any atom is -0.389 e. The van der Waals surface area contributed by atoms with Crippen LogP contribution in [0, 0.1) is 23.0 Å². The molecule has 3 N–H and O–H groups in total. The summed E-state index contributed by atoms with van der Waals surface area (Å²) in [5.41, 5.74) is 7.74. The summed E-state index contributed by atoms with van der Waals surface area (Å²) in [6, 6.07) is 10.6. The molecule has 2 atom stereocenters. The molecule has 39 heavy (non-hydrogen) atoms.